The van der Waals surface area contributed by atoms with Crippen LogP contribution in [0.25, 0.3) is 6.08 Å². The van der Waals surface area contributed by atoms with Gasteiger partial charge in [0.05, 0.1) is 4.90 Å². The van der Waals surface area contributed by atoms with E-state index in [0.717, 1.165) is 6.26 Å². The van der Waals surface area contributed by atoms with Gasteiger partial charge in [-0.05, 0) is 17.2 Å². The van der Waals surface area contributed by atoms with Crippen LogP contribution in [0.2, 0.25) is 0 Å². The van der Waals surface area contributed by atoms with Gasteiger partial charge in [-0.1, -0.05) is 24.3 Å². The van der Waals surface area contributed by atoms with E-state index in [4.69, 9.17) is 5.11 Å². The highest BCUT2D eigenvalue weighted by atomic mass is 32.2. The Morgan fingerprint density at radius 3 is 2.62 bits per heavy atom. The Morgan fingerprint density at radius 2 is 2.06 bits per heavy atom. The van der Waals surface area contributed by atoms with Crippen LogP contribution in [0, 0.1) is 0 Å². The molecule has 1 N–H and O–H groups in total. The van der Waals surface area contributed by atoms with Crippen molar-refractivity contribution >= 4 is 21.9 Å². The number of carboxylic acids is 1. The number of aliphatic carboxylic acids is 1. The molecule has 84 valence electrons. The van der Waals surface area contributed by atoms with Gasteiger partial charge in [0.15, 0.2) is 9.84 Å². The third-order valence-electron chi connectivity index (χ3n) is 2.56. The maximum Gasteiger partial charge on any atom is 0.314 e. The predicted molar refractivity (Wildman–Crippen MR) is 59.0 cm³/mol. The van der Waals surface area contributed by atoms with Crippen LogP contribution in [0.15, 0.2) is 29.2 Å². The number of fused-ring (bicyclic) bond motifs is 1. The van der Waals surface area contributed by atoms with Crippen molar-refractivity contribution in [3.8, 4) is 0 Å². The molecule has 0 saturated carbocycles. The summed E-state index contributed by atoms with van der Waals surface area (Å²) in [4.78, 5) is 11.1. The summed E-state index contributed by atoms with van der Waals surface area (Å²) in [7, 11) is -3.32. The lowest BCUT2D eigenvalue weighted by molar-refractivity contribution is -0.137. The first kappa shape index (κ1) is 10.9. The topological polar surface area (TPSA) is 71.4 Å². The number of hydrogen-bond donors (Lipinski definition) is 1. The lowest BCUT2D eigenvalue weighted by Gasteiger charge is -2.08. The molecule has 0 spiro atoms. The molecular weight excluding hydrogens is 228 g/mol. The van der Waals surface area contributed by atoms with Crippen molar-refractivity contribution in [1.82, 2.24) is 0 Å². The standard InChI is InChI=1S/C11H10O4S/c1-16(14,15)10-4-2-3-7-8(10)5-6-9(7)11(12)13/h2-6,9H,1H3,(H,12,13). The summed E-state index contributed by atoms with van der Waals surface area (Å²) in [6.07, 6.45) is 4.18. The Morgan fingerprint density at radius 1 is 1.38 bits per heavy atom. The fraction of sp³-hybridized carbons (Fsp3) is 0.182. The molecule has 1 atom stereocenters. The first-order chi connectivity index (χ1) is 7.41. The lowest BCUT2D eigenvalue weighted by atomic mass is 10.0. The third kappa shape index (κ3) is 1.63. The lowest BCUT2D eigenvalue weighted by Crippen LogP contribution is -2.08. The summed E-state index contributed by atoms with van der Waals surface area (Å²) in [5.41, 5.74) is 1.04. The molecule has 4 nitrogen and oxygen atoms in total. The molecule has 1 aliphatic rings. The normalized spacial score (nSPS) is 18.4. The number of rotatable bonds is 2. The number of benzene rings is 1. The second-order valence-electron chi connectivity index (χ2n) is 3.71. The maximum atomic E-state index is 11.5. The van der Waals surface area contributed by atoms with Crippen LogP contribution >= 0.6 is 0 Å². The SMILES string of the molecule is CS(=O)(=O)c1cccc2c1C=CC2C(=O)O. The van der Waals surface area contributed by atoms with Crippen LogP contribution in [-0.2, 0) is 14.6 Å². The third-order valence-corrected chi connectivity index (χ3v) is 3.71. The van der Waals surface area contributed by atoms with Gasteiger partial charge in [0, 0.05) is 6.26 Å². The molecule has 16 heavy (non-hydrogen) atoms. The highest BCUT2D eigenvalue weighted by molar-refractivity contribution is 7.90. The van der Waals surface area contributed by atoms with Crippen molar-refractivity contribution in [2.45, 2.75) is 10.8 Å². The molecule has 0 bridgehead atoms. The monoisotopic (exact) mass is 238 g/mol. The van der Waals surface area contributed by atoms with Crippen LogP contribution in [0.3, 0.4) is 0 Å². The number of sulfone groups is 1. The van der Waals surface area contributed by atoms with E-state index < -0.39 is 21.7 Å². The van der Waals surface area contributed by atoms with Crippen LogP contribution in [-0.4, -0.2) is 25.7 Å². The molecule has 1 aromatic rings. The molecule has 0 radical (unpaired) electrons. The molecule has 0 saturated heterocycles. The number of hydrogen-bond acceptors (Lipinski definition) is 3. The molecule has 0 fully saturated rings. The van der Waals surface area contributed by atoms with Crippen LogP contribution in [0.5, 0.6) is 0 Å². The summed E-state index contributed by atoms with van der Waals surface area (Å²) in [6.45, 7) is 0. The van der Waals surface area contributed by atoms with Crippen molar-refractivity contribution in [3.05, 3.63) is 35.4 Å². The van der Waals surface area contributed by atoms with Gasteiger partial charge in [-0.3, -0.25) is 4.79 Å². The molecule has 1 aliphatic carbocycles. The molecule has 0 aromatic heterocycles. The van der Waals surface area contributed by atoms with E-state index in [0.29, 0.717) is 11.1 Å². The smallest absolute Gasteiger partial charge is 0.314 e. The van der Waals surface area contributed by atoms with Gasteiger partial charge in [-0.15, -0.1) is 0 Å². The van der Waals surface area contributed by atoms with Crippen molar-refractivity contribution in [1.29, 1.82) is 0 Å². The van der Waals surface area contributed by atoms with Crippen molar-refractivity contribution in [2.24, 2.45) is 0 Å². The quantitative estimate of drug-likeness (QED) is 0.842. The van der Waals surface area contributed by atoms with E-state index in [1.807, 2.05) is 0 Å². The maximum absolute atomic E-state index is 11.5. The Labute approximate surface area is 93.1 Å². The van der Waals surface area contributed by atoms with Gasteiger partial charge < -0.3 is 5.11 Å². The molecule has 0 heterocycles. The average molecular weight is 238 g/mol. The van der Waals surface area contributed by atoms with Crippen LogP contribution in [0.1, 0.15) is 17.0 Å². The molecule has 1 aromatic carbocycles. The summed E-state index contributed by atoms with van der Waals surface area (Å²) >= 11 is 0. The average Bonchev–Trinajstić information content (AvgIpc) is 2.58. The van der Waals surface area contributed by atoms with Gasteiger partial charge in [0.1, 0.15) is 5.92 Å². The Bertz CT molecular complexity index is 584. The zero-order valence-electron chi connectivity index (χ0n) is 8.54. The van der Waals surface area contributed by atoms with Gasteiger partial charge >= 0.3 is 5.97 Å². The molecular formula is C11H10O4S. The van der Waals surface area contributed by atoms with Crippen molar-refractivity contribution < 1.29 is 18.3 Å². The van der Waals surface area contributed by atoms with Gasteiger partial charge in [-0.2, -0.15) is 0 Å². The van der Waals surface area contributed by atoms with Crippen molar-refractivity contribution in [2.75, 3.05) is 6.26 Å². The van der Waals surface area contributed by atoms with E-state index in [1.165, 1.54) is 12.1 Å². The van der Waals surface area contributed by atoms with Gasteiger partial charge in [0.2, 0.25) is 0 Å². The molecule has 5 heteroatoms. The Kier molecular flexibility index (Phi) is 2.35. The van der Waals surface area contributed by atoms with E-state index in [1.54, 1.807) is 18.2 Å². The zero-order valence-corrected chi connectivity index (χ0v) is 9.36. The van der Waals surface area contributed by atoms with E-state index in [-0.39, 0.29) is 4.90 Å². The predicted octanol–water partition coefficient (Wildman–Crippen LogP) is 1.29. The van der Waals surface area contributed by atoms with Gasteiger partial charge in [-0.25, -0.2) is 8.42 Å². The molecule has 1 unspecified atom stereocenters. The van der Waals surface area contributed by atoms with Gasteiger partial charge in [0.25, 0.3) is 0 Å². The zero-order chi connectivity index (χ0) is 11.9. The fourth-order valence-corrected chi connectivity index (χ4v) is 2.76. The molecule has 2 rings (SSSR count). The Hall–Kier alpha value is -1.62. The minimum absolute atomic E-state index is 0.185. The van der Waals surface area contributed by atoms with E-state index in [2.05, 4.69) is 0 Å². The van der Waals surface area contributed by atoms with E-state index in [9.17, 15) is 13.2 Å². The summed E-state index contributed by atoms with van der Waals surface area (Å²) in [5, 5.41) is 8.95. The number of carboxylic acid groups (broad SMARTS) is 1. The van der Waals surface area contributed by atoms with Crippen molar-refractivity contribution in [3.63, 3.8) is 0 Å². The van der Waals surface area contributed by atoms with Crippen LogP contribution < -0.4 is 0 Å². The minimum atomic E-state index is -3.32. The minimum Gasteiger partial charge on any atom is -0.481 e. The second kappa shape index (κ2) is 3.45. The fourth-order valence-electron chi connectivity index (χ4n) is 1.85. The molecule has 0 amide bonds. The van der Waals surface area contributed by atoms with Crippen LogP contribution in [0.4, 0.5) is 0 Å². The summed E-state index contributed by atoms with van der Waals surface area (Å²) in [6, 6.07) is 4.70. The first-order valence-corrected chi connectivity index (χ1v) is 6.54. The first-order valence-electron chi connectivity index (χ1n) is 4.65. The highest BCUT2D eigenvalue weighted by Gasteiger charge is 2.27. The number of carbonyl (C=O) groups is 1. The summed E-state index contributed by atoms with van der Waals surface area (Å²) < 4.78 is 23.0. The summed E-state index contributed by atoms with van der Waals surface area (Å²) in [5.74, 6) is -1.71. The highest BCUT2D eigenvalue weighted by Crippen LogP contribution is 2.34. The molecule has 0 aliphatic heterocycles. The van der Waals surface area contributed by atoms with E-state index >= 15 is 0 Å². The Balaban J connectivity index is 2.66. The second-order valence-corrected chi connectivity index (χ2v) is 5.69. The largest absolute Gasteiger partial charge is 0.481 e.